The van der Waals surface area contributed by atoms with E-state index < -0.39 is 0 Å². The Balaban J connectivity index is 2.09. The Bertz CT molecular complexity index is 454. The van der Waals surface area contributed by atoms with Crippen molar-refractivity contribution in [2.24, 2.45) is 5.84 Å². The average Bonchev–Trinajstić information content (AvgIpc) is 2.46. The smallest absolute Gasteiger partial charge is 0.254 e. The standard InChI is InChI=1S/C13H21N5O/c1-3-17-4-6-18(7-5-17)13(19)11-8-10(2)15-12(9-11)16-14/h8-9H,3-7,14H2,1-2H3,(H,15,16). The number of nitrogens with two attached hydrogens (primary N) is 1. The van der Waals surface area contributed by atoms with E-state index >= 15 is 0 Å². The van der Waals surface area contributed by atoms with Crippen LogP contribution in [0.4, 0.5) is 5.82 Å². The number of nitrogens with one attached hydrogen (secondary N) is 1. The molecule has 1 aliphatic heterocycles. The molecule has 1 fully saturated rings. The van der Waals surface area contributed by atoms with Crippen molar-refractivity contribution in [3.8, 4) is 0 Å². The van der Waals surface area contributed by atoms with Crippen molar-refractivity contribution in [1.82, 2.24) is 14.8 Å². The quantitative estimate of drug-likeness (QED) is 0.612. The second-order valence-electron chi connectivity index (χ2n) is 4.75. The van der Waals surface area contributed by atoms with Crippen molar-refractivity contribution in [1.29, 1.82) is 0 Å². The molecule has 1 aliphatic rings. The van der Waals surface area contributed by atoms with Crippen LogP contribution >= 0.6 is 0 Å². The van der Waals surface area contributed by atoms with Gasteiger partial charge in [0.25, 0.3) is 5.91 Å². The van der Waals surface area contributed by atoms with Gasteiger partial charge in [-0.25, -0.2) is 10.8 Å². The van der Waals surface area contributed by atoms with Gasteiger partial charge >= 0.3 is 0 Å². The first-order chi connectivity index (χ1) is 9.13. The van der Waals surface area contributed by atoms with Gasteiger partial charge in [-0.05, 0) is 25.6 Å². The summed E-state index contributed by atoms with van der Waals surface area (Å²) in [5, 5.41) is 0. The summed E-state index contributed by atoms with van der Waals surface area (Å²) in [6.07, 6.45) is 0. The molecule has 6 heteroatoms. The second kappa shape index (κ2) is 5.99. The SMILES string of the molecule is CCN1CCN(C(=O)c2cc(C)nc(NN)c2)CC1. The lowest BCUT2D eigenvalue weighted by atomic mass is 10.2. The number of aromatic nitrogens is 1. The van der Waals surface area contributed by atoms with Crippen LogP contribution in [0, 0.1) is 6.92 Å². The number of amides is 1. The molecule has 2 rings (SSSR count). The fraction of sp³-hybridized carbons (Fsp3) is 0.538. The predicted molar refractivity (Wildman–Crippen MR) is 74.8 cm³/mol. The van der Waals surface area contributed by atoms with Gasteiger partial charge in [0.15, 0.2) is 0 Å². The van der Waals surface area contributed by atoms with E-state index in [0.29, 0.717) is 11.4 Å². The number of carbonyl (C=O) groups is 1. The largest absolute Gasteiger partial charge is 0.336 e. The Morgan fingerprint density at radius 3 is 2.63 bits per heavy atom. The molecule has 1 amide bonds. The summed E-state index contributed by atoms with van der Waals surface area (Å²) in [5.41, 5.74) is 3.92. The van der Waals surface area contributed by atoms with Crippen LogP contribution in [-0.4, -0.2) is 53.4 Å². The molecule has 0 aromatic carbocycles. The highest BCUT2D eigenvalue weighted by Crippen LogP contribution is 2.13. The first-order valence-corrected chi connectivity index (χ1v) is 6.61. The number of carbonyl (C=O) groups excluding carboxylic acids is 1. The van der Waals surface area contributed by atoms with E-state index in [9.17, 15) is 4.79 Å². The minimum Gasteiger partial charge on any atom is -0.336 e. The maximum atomic E-state index is 12.4. The maximum absolute atomic E-state index is 12.4. The number of hydrazine groups is 1. The summed E-state index contributed by atoms with van der Waals surface area (Å²) in [5.74, 6) is 5.94. The zero-order chi connectivity index (χ0) is 13.8. The minimum atomic E-state index is 0.0535. The van der Waals surface area contributed by atoms with Crippen LogP contribution in [-0.2, 0) is 0 Å². The lowest BCUT2D eigenvalue weighted by Crippen LogP contribution is -2.48. The van der Waals surface area contributed by atoms with Gasteiger partial charge in [0, 0.05) is 37.4 Å². The number of hydrogen-bond acceptors (Lipinski definition) is 5. The molecule has 0 spiro atoms. The van der Waals surface area contributed by atoms with Gasteiger partial charge in [-0.15, -0.1) is 0 Å². The van der Waals surface area contributed by atoms with Gasteiger partial charge in [0.05, 0.1) is 0 Å². The number of pyridine rings is 1. The third-order valence-electron chi connectivity index (χ3n) is 3.45. The molecule has 3 N–H and O–H groups in total. The Morgan fingerprint density at radius 1 is 1.37 bits per heavy atom. The van der Waals surface area contributed by atoms with Crippen molar-refractivity contribution in [2.45, 2.75) is 13.8 Å². The van der Waals surface area contributed by atoms with Crippen molar-refractivity contribution >= 4 is 11.7 Å². The van der Waals surface area contributed by atoms with Crippen molar-refractivity contribution in [3.63, 3.8) is 0 Å². The summed E-state index contributed by atoms with van der Waals surface area (Å²) >= 11 is 0. The highest BCUT2D eigenvalue weighted by atomic mass is 16.2. The van der Waals surface area contributed by atoms with Crippen LogP contribution in [0.2, 0.25) is 0 Å². The number of anilines is 1. The van der Waals surface area contributed by atoms with Gasteiger partial charge < -0.3 is 15.2 Å². The van der Waals surface area contributed by atoms with E-state index in [1.807, 2.05) is 11.8 Å². The number of hydrogen-bond donors (Lipinski definition) is 2. The van der Waals surface area contributed by atoms with Crippen LogP contribution in [0.25, 0.3) is 0 Å². The molecule has 6 nitrogen and oxygen atoms in total. The molecular weight excluding hydrogens is 242 g/mol. The van der Waals surface area contributed by atoms with E-state index in [4.69, 9.17) is 5.84 Å². The molecule has 1 aromatic heterocycles. The molecule has 19 heavy (non-hydrogen) atoms. The van der Waals surface area contributed by atoms with Crippen LogP contribution in [0.5, 0.6) is 0 Å². The van der Waals surface area contributed by atoms with E-state index in [1.165, 1.54) is 0 Å². The fourth-order valence-corrected chi connectivity index (χ4v) is 2.32. The van der Waals surface area contributed by atoms with E-state index in [-0.39, 0.29) is 5.91 Å². The summed E-state index contributed by atoms with van der Waals surface area (Å²) in [6, 6.07) is 3.50. The van der Waals surface area contributed by atoms with Crippen molar-refractivity contribution in [2.75, 3.05) is 38.1 Å². The monoisotopic (exact) mass is 263 g/mol. The molecule has 1 saturated heterocycles. The zero-order valence-corrected chi connectivity index (χ0v) is 11.5. The molecule has 104 valence electrons. The molecule has 2 heterocycles. The van der Waals surface area contributed by atoms with Gasteiger partial charge in [0.1, 0.15) is 5.82 Å². The zero-order valence-electron chi connectivity index (χ0n) is 11.5. The van der Waals surface area contributed by atoms with Gasteiger partial charge in [0.2, 0.25) is 0 Å². The lowest BCUT2D eigenvalue weighted by Gasteiger charge is -2.34. The topological polar surface area (TPSA) is 74.5 Å². The van der Waals surface area contributed by atoms with Gasteiger partial charge in [-0.3, -0.25) is 4.79 Å². The Hall–Kier alpha value is -1.66. The van der Waals surface area contributed by atoms with Crippen LogP contribution in [0.15, 0.2) is 12.1 Å². The molecule has 1 aromatic rings. The van der Waals surface area contributed by atoms with Gasteiger partial charge in [-0.1, -0.05) is 6.92 Å². The predicted octanol–water partition coefficient (Wildman–Crippen LogP) is 0.453. The van der Waals surface area contributed by atoms with E-state index in [1.54, 1.807) is 12.1 Å². The number of aryl methyl sites for hydroxylation is 1. The number of piperazine rings is 1. The van der Waals surface area contributed by atoms with Crippen LogP contribution in [0.1, 0.15) is 23.0 Å². The first-order valence-electron chi connectivity index (χ1n) is 6.61. The molecule has 0 saturated carbocycles. The van der Waals surface area contributed by atoms with Crippen molar-refractivity contribution in [3.05, 3.63) is 23.4 Å². The highest BCUT2D eigenvalue weighted by molar-refractivity contribution is 5.95. The van der Waals surface area contributed by atoms with E-state index in [0.717, 1.165) is 38.4 Å². The number of likely N-dealkylation sites (N-methyl/N-ethyl adjacent to an activating group) is 1. The first kappa shape index (κ1) is 13.8. The number of nitrogen functional groups attached to an aromatic ring is 1. The Kier molecular flexibility index (Phi) is 4.34. The second-order valence-corrected chi connectivity index (χ2v) is 4.75. The lowest BCUT2D eigenvalue weighted by molar-refractivity contribution is 0.0643. The summed E-state index contributed by atoms with van der Waals surface area (Å²) in [6.45, 7) is 8.47. The Morgan fingerprint density at radius 2 is 2.05 bits per heavy atom. The summed E-state index contributed by atoms with van der Waals surface area (Å²) in [7, 11) is 0. The third kappa shape index (κ3) is 3.21. The highest BCUT2D eigenvalue weighted by Gasteiger charge is 2.21. The normalized spacial score (nSPS) is 16.5. The Labute approximate surface area is 113 Å². The molecule has 0 aliphatic carbocycles. The van der Waals surface area contributed by atoms with Crippen LogP contribution < -0.4 is 11.3 Å². The fourth-order valence-electron chi connectivity index (χ4n) is 2.32. The third-order valence-corrected chi connectivity index (χ3v) is 3.45. The van der Waals surface area contributed by atoms with Gasteiger partial charge in [-0.2, -0.15) is 0 Å². The molecule has 0 radical (unpaired) electrons. The molecule has 0 atom stereocenters. The minimum absolute atomic E-state index is 0.0535. The van der Waals surface area contributed by atoms with E-state index in [2.05, 4.69) is 22.2 Å². The van der Waals surface area contributed by atoms with Crippen molar-refractivity contribution < 1.29 is 4.79 Å². The molecular formula is C13H21N5O. The number of nitrogens with zero attached hydrogens (tertiary/aromatic N) is 3. The number of rotatable bonds is 3. The average molecular weight is 263 g/mol. The van der Waals surface area contributed by atoms with Crippen LogP contribution in [0.3, 0.4) is 0 Å². The summed E-state index contributed by atoms with van der Waals surface area (Å²) < 4.78 is 0. The summed E-state index contributed by atoms with van der Waals surface area (Å²) in [4.78, 5) is 20.8. The molecule has 0 bridgehead atoms. The molecule has 0 unspecified atom stereocenters. The maximum Gasteiger partial charge on any atom is 0.254 e.